The summed E-state index contributed by atoms with van der Waals surface area (Å²) in [6.45, 7) is 0.612. The van der Waals surface area contributed by atoms with E-state index in [1.165, 1.54) is 24.3 Å². The highest BCUT2D eigenvalue weighted by molar-refractivity contribution is 6.50. The fourth-order valence-corrected chi connectivity index (χ4v) is 4.59. The highest BCUT2D eigenvalue weighted by atomic mass is 19.1. The molecule has 4 aromatic rings. The van der Waals surface area contributed by atoms with Gasteiger partial charge in [-0.3, -0.25) is 14.9 Å². The van der Waals surface area contributed by atoms with Crippen LogP contribution >= 0.6 is 0 Å². The number of amides is 2. The molecular formula is C25H22F2N4O3. The molecule has 0 spiro atoms. The molecule has 5 rings (SSSR count). The van der Waals surface area contributed by atoms with Crippen LogP contribution in [-0.4, -0.2) is 58.1 Å². The molecule has 0 saturated heterocycles. The maximum absolute atomic E-state index is 14.2. The number of nitrogens with one attached hydrogen (secondary N) is 2. The molecule has 3 heterocycles. The van der Waals surface area contributed by atoms with Gasteiger partial charge in [-0.1, -0.05) is 0 Å². The van der Waals surface area contributed by atoms with Crippen LogP contribution in [0.3, 0.4) is 0 Å². The molecular weight excluding hydrogens is 442 g/mol. The Morgan fingerprint density at radius 1 is 0.971 bits per heavy atom. The molecule has 7 nitrogen and oxygen atoms in total. The van der Waals surface area contributed by atoms with Crippen LogP contribution in [0.4, 0.5) is 8.78 Å². The van der Waals surface area contributed by atoms with E-state index in [4.69, 9.17) is 0 Å². The van der Waals surface area contributed by atoms with E-state index in [1.807, 2.05) is 19.0 Å². The first-order valence-electron chi connectivity index (χ1n) is 10.7. The molecule has 2 aromatic carbocycles. The van der Waals surface area contributed by atoms with Crippen LogP contribution in [0, 0.1) is 11.6 Å². The Morgan fingerprint density at radius 3 is 2.32 bits per heavy atom. The fourth-order valence-electron chi connectivity index (χ4n) is 4.59. The first kappa shape index (κ1) is 22.0. The summed E-state index contributed by atoms with van der Waals surface area (Å²) >= 11 is 0. The first-order valence-corrected chi connectivity index (χ1v) is 10.7. The number of aliphatic hydroxyl groups excluding tert-OH is 1. The minimum atomic E-state index is -0.715. The molecule has 1 aliphatic rings. The van der Waals surface area contributed by atoms with Gasteiger partial charge in [-0.25, -0.2) is 8.78 Å². The zero-order chi connectivity index (χ0) is 24.1. The van der Waals surface area contributed by atoms with Crippen LogP contribution in [0.2, 0.25) is 0 Å². The lowest BCUT2D eigenvalue weighted by Gasteiger charge is -2.17. The number of nitrogens with zero attached hydrogens (tertiary/aromatic N) is 2. The number of hydrogen-bond acceptors (Lipinski definition) is 4. The number of rotatable bonds is 6. The van der Waals surface area contributed by atoms with Gasteiger partial charge in [0.05, 0.1) is 17.3 Å². The Kier molecular flexibility index (Phi) is 5.30. The van der Waals surface area contributed by atoms with Crippen LogP contribution in [0.1, 0.15) is 11.1 Å². The average molecular weight is 464 g/mol. The van der Waals surface area contributed by atoms with Gasteiger partial charge in [-0.15, -0.1) is 0 Å². The van der Waals surface area contributed by atoms with Gasteiger partial charge in [0.25, 0.3) is 11.8 Å². The SMILES string of the molecule is CN(C)CC(O)Cn1cc(C2=C(c3c[nH]c4ccc(F)cc34)C(=O)NC2=O)c2cc(F)ccc21. The van der Waals surface area contributed by atoms with Gasteiger partial charge in [0.15, 0.2) is 0 Å². The maximum atomic E-state index is 14.2. The van der Waals surface area contributed by atoms with Crippen LogP contribution in [0.15, 0.2) is 48.8 Å². The molecule has 0 aliphatic carbocycles. The summed E-state index contributed by atoms with van der Waals surface area (Å²) < 4.78 is 30.0. The second kappa shape index (κ2) is 8.19. The molecule has 174 valence electrons. The minimum Gasteiger partial charge on any atom is -0.390 e. The molecule has 1 unspecified atom stereocenters. The summed E-state index contributed by atoms with van der Waals surface area (Å²) in [5, 5.41) is 13.7. The van der Waals surface area contributed by atoms with Gasteiger partial charge >= 0.3 is 0 Å². The van der Waals surface area contributed by atoms with Gasteiger partial charge in [-0.2, -0.15) is 0 Å². The number of halogens is 2. The highest BCUT2D eigenvalue weighted by Crippen LogP contribution is 2.38. The molecule has 2 aromatic heterocycles. The summed E-state index contributed by atoms with van der Waals surface area (Å²) in [6.07, 6.45) is 2.48. The summed E-state index contributed by atoms with van der Waals surface area (Å²) in [5.41, 5.74) is 2.10. The standard InChI is InChI=1S/C25H22F2N4O3/c1-30(2)10-15(32)11-31-12-19(17-8-14(27)4-6-21(17)31)23-22(24(33)29-25(23)34)18-9-28-20-5-3-13(26)7-16(18)20/h3-9,12,15,28,32H,10-11H2,1-2H3,(H,29,33,34). The van der Waals surface area contributed by atoms with Gasteiger partial charge in [0, 0.05) is 58.4 Å². The van der Waals surface area contributed by atoms with Crippen molar-refractivity contribution in [3.63, 3.8) is 0 Å². The molecule has 0 bridgehead atoms. The minimum absolute atomic E-state index is 0.0756. The van der Waals surface area contributed by atoms with E-state index in [0.717, 1.165) is 0 Å². The quantitative estimate of drug-likeness (QED) is 0.383. The second-order valence-corrected chi connectivity index (χ2v) is 8.70. The van der Waals surface area contributed by atoms with Crippen LogP contribution in [0.25, 0.3) is 33.0 Å². The zero-order valence-corrected chi connectivity index (χ0v) is 18.5. The van der Waals surface area contributed by atoms with Crippen LogP contribution < -0.4 is 5.32 Å². The van der Waals surface area contributed by atoms with E-state index in [-0.39, 0.29) is 17.7 Å². The topological polar surface area (TPSA) is 90.4 Å². The number of fused-ring (bicyclic) bond motifs is 2. The highest BCUT2D eigenvalue weighted by Gasteiger charge is 2.35. The van der Waals surface area contributed by atoms with E-state index < -0.39 is 29.6 Å². The summed E-state index contributed by atoms with van der Waals surface area (Å²) in [5.74, 6) is -2.21. The molecule has 1 aliphatic heterocycles. The van der Waals surface area contributed by atoms with Crippen molar-refractivity contribution in [2.45, 2.75) is 12.6 Å². The van der Waals surface area contributed by atoms with Gasteiger partial charge in [0.1, 0.15) is 11.6 Å². The summed E-state index contributed by atoms with van der Waals surface area (Å²) in [4.78, 5) is 30.7. The number of benzene rings is 2. The van der Waals surface area contributed by atoms with Crippen molar-refractivity contribution >= 4 is 44.8 Å². The van der Waals surface area contributed by atoms with Gasteiger partial charge < -0.3 is 19.6 Å². The Labute approximate surface area is 193 Å². The lowest BCUT2D eigenvalue weighted by atomic mass is 9.95. The van der Waals surface area contributed by atoms with E-state index in [0.29, 0.717) is 39.5 Å². The third-order valence-electron chi connectivity index (χ3n) is 5.94. The van der Waals surface area contributed by atoms with Crippen molar-refractivity contribution in [2.75, 3.05) is 20.6 Å². The number of imide groups is 1. The predicted molar refractivity (Wildman–Crippen MR) is 125 cm³/mol. The number of aliphatic hydroxyl groups is 1. The molecule has 2 amide bonds. The largest absolute Gasteiger partial charge is 0.390 e. The van der Waals surface area contributed by atoms with Gasteiger partial charge in [-0.05, 0) is 50.5 Å². The number of carbonyl (C=O) groups is 2. The smallest absolute Gasteiger partial charge is 0.259 e. The van der Waals surface area contributed by atoms with E-state index in [9.17, 15) is 23.5 Å². The Balaban J connectivity index is 1.74. The van der Waals surface area contributed by atoms with Crippen molar-refractivity contribution < 1.29 is 23.5 Å². The number of likely N-dealkylation sites (N-methyl/N-ethyl adjacent to an activating group) is 1. The Bertz CT molecular complexity index is 1500. The monoisotopic (exact) mass is 464 g/mol. The number of aromatic amines is 1. The normalized spacial score (nSPS) is 15.2. The first-order chi connectivity index (χ1) is 16.2. The predicted octanol–water partition coefficient (Wildman–Crippen LogP) is 2.89. The van der Waals surface area contributed by atoms with E-state index >= 15 is 0 Å². The van der Waals surface area contributed by atoms with Gasteiger partial charge in [0.2, 0.25) is 0 Å². The van der Waals surface area contributed by atoms with Crippen molar-refractivity contribution in [1.82, 2.24) is 19.8 Å². The number of hydrogen-bond donors (Lipinski definition) is 3. The molecule has 3 N–H and O–H groups in total. The molecule has 0 radical (unpaired) electrons. The van der Waals surface area contributed by atoms with E-state index in [2.05, 4.69) is 10.3 Å². The third kappa shape index (κ3) is 3.68. The van der Waals surface area contributed by atoms with Crippen molar-refractivity contribution in [1.29, 1.82) is 0 Å². The number of carbonyl (C=O) groups excluding carboxylic acids is 2. The van der Waals surface area contributed by atoms with Crippen LogP contribution in [-0.2, 0) is 16.1 Å². The Hall–Kier alpha value is -3.82. The molecule has 9 heteroatoms. The van der Waals surface area contributed by atoms with Crippen LogP contribution in [0.5, 0.6) is 0 Å². The summed E-state index contributed by atoms with van der Waals surface area (Å²) in [6, 6.07) is 8.33. The van der Waals surface area contributed by atoms with E-state index in [1.54, 1.807) is 29.1 Å². The zero-order valence-electron chi connectivity index (χ0n) is 18.5. The molecule has 1 atom stereocenters. The molecule has 34 heavy (non-hydrogen) atoms. The molecule has 0 fully saturated rings. The lowest BCUT2D eigenvalue weighted by molar-refractivity contribution is -0.122. The summed E-state index contributed by atoms with van der Waals surface area (Å²) in [7, 11) is 3.68. The molecule has 0 saturated carbocycles. The fraction of sp³-hybridized carbons (Fsp3) is 0.200. The maximum Gasteiger partial charge on any atom is 0.259 e. The van der Waals surface area contributed by atoms with Crippen molar-refractivity contribution in [2.24, 2.45) is 0 Å². The number of aromatic nitrogens is 2. The second-order valence-electron chi connectivity index (χ2n) is 8.70. The Morgan fingerprint density at radius 2 is 1.62 bits per heavy atom. The van der Waals surface area contributed by atoms with Crippen molar-refractivity contribution in [3.05, 3.63) is 71.6 Å². The van der Waals surface area contributed by atoms with Crippen molar-refractivity contribution in [3.8, 4) is 0 Å². The third-order valence-corrected chi connectivity index (χ3v) is 5.94. The number of H-pyrrole nitrogens is 1. The average Bonchev–Trinajstić information content (AvgIpc) is 3.40. The lowest BCUT2D eigenvalue weighted by Crippen LogP contribution is -2.29.